The SMILES string of the molecule is CCC1(CNC(=O)c2cccc(Cl)n2)CCCC1. The number of aromatic nitrogens is 1. The van der Waals surface area contributed by atoms with Gasteiger partial charge in [0.25, 0.3) is 5.91 Å². The molecule has 0 aromatic carbocycles. The molecule has 98 valence electrons. The summed E-state index contributed by atoms with van der Waals surface area (Å²) in [5.41, 5.74) is 0.695. The lowest BCUT2D eigenvalue weighted by atomic mass is 9.83. The molecule has 2 rings (SSSR count). The van der Waals surface area contributed by atoms with Crippen LogP contribution in [0.3, 0.4) is 0 Å². The molecule has 0 radical (unpaired) electrons. The number of rotatable bonds is 4. The van der Waals surface area contributed by atoms with Crippen LogP contribution in [-0.2, 0) is 0 Å². The van der Waals surface area contributed by atoms with Gasteiger partial charge in [0.15, 0.2) is 0 Å². The van der Waals surface area contributed by atoms with Gasteiger partial charge in [0.2, 0.25) is 0 Å². The molecule has 1 amide bonds. The van der Waals surface area contributed by atoms with E-state index in [-0.39, 0.29) is 5.91 Å². The first-order chi connectivity index (χ1) is 8.65. The second-order valence-corrected chi connectivity index (χ2v) is 5.48. The molecule has 1 aliphatic carbocycles. The van der Waals surface area contributed by atoms with Crippen molar-refractivity contribution in [3.8, 4) is 0 Å². The summed E-state index contributed by atoms with van der Waals surface area (Å²) in [4.78, 5) is 16.0. The average molecular weight is 267 g/mol. The second-order valence-electron chi connectivity index (χ2n) is 5.09. The Morgan fingerprint density at radius 3 is 2.78 bits per heavy atom. The Balaban J connectivity index is 1.96. The van der Waals surface area contributed by atoms with E-state index in [1.807, 2.05) is 0 Å². The highest BCUT2D eigenvalue weighted by Crippen LogP contribution is 2.40. The fourth-order valence-corrected chi connectivity index (χ4v) is 2.84. The summed E-state index contributed by atoms with van der Waals surface area (Å²) < 4.78 is 0. The number of nitrogens with zero attached hydrogens (tertiary/aromatic N) is 1. The van der Waals surface area contributed by atoms with Crippen LogP contribution in [-0.4, -0.2) is 17.4 Å². The van der Waals surface area contributed by atoms with Crippen LogP contribution in [0.25, 0.3) is 0 Å². The lowest BCUT2D eigenvalue weighted by Crippen LogP contribution is -2.35. The zero-order chi connectivity index (χ0) is 13.0. The van der Waals surface area contributed by atoms with Gasteiger partial charge in [-0.2, -0.15) is 0 Å². The lowest BCUT2D eigenvalue weighted by Gasteiger charge is -2.27. The Bertz CT molecular complexity index is 428. The van der Waals surface area contributed by atoms with Crippen molar-refractivity contribution in [1.29, 1.82) is 0 Å². The quantitative estimate of drug-likeness (QED) is 0.849. The van der Waals surface area contributed by atoms with Crippen molar-refractivity contribution < 1.29 is 4.79 Å². The maximum atomic E-state index is 12.0. The zero-order valence-corrected chi connectivity index (χ0v) is 11.5. The minimum atomic E-state index is -0.128. The van der Waals surface area contributed by atoms with Crippen molar-refractivity contribution in [3.05, 3.63) is 29.0 Å². The Morgan fingerprint density at radius 1 is 1.44 bits per heavy atom. The van der Waals surface area contributed by atoms with Crippen molar-refractivity contribution >= 4 is 17.5 Å². The molecule has 0 spiro atoms. The van der Waals surface area contributed by atoms with Crippen LogP contribution >= 0.6 is 11.6 Å². The Kier molecular flexibility index (Phi) is 4.23. The van der Waals surface area contributed by atoms with E-state index in [1.54, 1.807) is 18.2 Å². The van der Waals surface area contributed by atoms with Gasteiger partial charge >= 0.3 is 0 Å². The van der Waals surface area contributed by atoms with Crippen molar-refractivity contribution in [1.82, 2.24) is 10.3 Å². The molecule has 0 atom stereocenters. The number of pyridine rings is 1. The van der Waals surface area contributed by atoms with E-state index in [9.17, 15) is 4.79 Å². The van der Waals surface area contributed by atoms with E-state index in [4.69, 9.17) is 11.6 Å². The molecule has 0 bridgehead atoms. The molecule has 1 aliphatic rings. The van der Waals surface area contributed by atoms with Gasteiger partial charge in [-0.3, -0.25) is 4.79 Å². The first-order valence-corrected chi connectivity index (χ1v) is 6.94. The van der Waals surface area contributed by atoms with Gasteiger partial charge in [-0.25, -0.2) is 4.98 Å². The number of nitrogens with one attached hydrogen (secondary N) is 1. The summed E-state index contributed by atoms with van der Waals surface area (Å²) >= 11 is 5.78. The largest absolute Gasteiger partial charge is 0.350 e. The number of halogens is 1. The first kappa shape index (κ1) is 13.3. The van der Waals surface area contributed by atoms with E-state index < -0.39 is 0 Å². The third-order valence-electron chi connectivity index (χ3n) is 3.99. The summed E-state index contributed by atoms with van der Waals surface area (Å²) in [5.74, 6) is -0.128. The highest BCUT2D eigenvalue weighted by molar-refractivity contribution is 6.29. The van der Waals surface area contributed by atoms with Crippen LogP contribution in [0.4, 0.5) is 0 Å². The molecule has 1 aromatic heterocycles. The molecule has 18 heavy (non-hydrogen) atoms. The number of carbonyl (C=O) groups is 1. The van der Waals surface area contributed by atoms with Crippen LogP contribution in [0.15, 0.2) is 18.2 Å². The van der Waals surface area contributed by atoms with Gasteiger partial charge in [0, 0.05) is 6.54 Å². The van der Waals surface area contributed by atoms with Crippen molar-refractivity contribution in [2.45, 2.75) is 39.0 Å². The fraction of sp³-hybridized carbons (Fsp3) is 0.571. The van der Waals surface area contributed by atoms with Gasteiger partial charge in [-0.1, -0.05) is 37.4 Å². The Labute approximate surface area is 113 Å². The summed E-state index contributed by atoms with van der Waals surface area (Å²) in [6, 6.07) is 5.10. The molecule has 0 saturated heterocycles. The van der Waals surface area contributed by atoms with Crippen molar-refractivity contribution in [2.24, 2.45) is 5.41 Å². The monoisotopic (exact) mass is 266 g/mol. The van der Waals surface area contributed by atoms with Crippen LogP contribution in [0, 0.1) is 5.41 Å². The normalized spacial score (nSPS) is 17.7. The minimum Gasteiger partial charge on any atom is -0.350 e. The number of hydrogen-bond donors (Lipinski definition) is 1. The van der Waals surface area contributed by atoms with Crippen LogP contribution in [0.5, 0.6) is 0 Å². The minimum absolute atomic E-state index is 0.128. The molecule has 0 unspecified atom stereocenters. The number of hydrogen-bond acceptors (Lipinski definition) is 2. The molecule has 1 saturated carbocycles. The molecule has 1 N–H and O–H groups in total. The lowest BCUT2D eigenvalue weighted by molar-refractivity contribution is 0.0924. The summed E-state index contributed by atoms with van der Waals surface area (Å²) in [6.07, 6.45) is 6.11. The fourth-order valence-electron chi connectivity index (χ4n) is 2.67. The van der Waals surface area contributed by atoms with Gasteiger partial charge in [-0.15, -0.1) is 0 Å². The van der Waals surface area contributed by atoms with E-state index in [0.29, 0.717) is 16.3 Å². The smallest absolute Gasteiger partial charge is 0.269 e. The first-order valence-electron chi connectivity index (χ1n) is 6.56. The van der Waals surface area contributed by atoms with E-state index >= 15 is 0 Å². The van der Waals surface area contributed by atoms with E-state index in [1.165, 1.54) is 25.7 Å². The molecular formula is C14H19ClN2O. The van der Waals surface area contributed by atoms with Crippen LogP contribution in [0.1, 0.15) is 49.5 Å². The Hall–Kier alpha value is -1.09. The van der Waals surface area contributed by atoms with Crippen LogP contribution < -0.4 is 5.32 Å². The zero-order valence-electron chi connectivity index (χ0n) is 10.7. The van der Waals surface area contributed by atoms with E-state index in [2.05, 4.69) is 17.2 Å². The molecule has 1 aromatic rings. The van der Waals surface area contributed by atoms with Crippen LogP contribution in [0.2, 0.25) is 5.15 Å². The average Bonchev–Trinajstić information content (AvgIpc) is 2.85. The standard InChI is InChI=1S/C14H19ClN2O/c1-2-14(8-3-4-9-14)10-16-13(18)11-6-5-7-12(15)17-11/h5-7H,2-4,8-10H2,1H3,(H,16,18). The summed E-state index contributed by atoms with van der Waals surface area (Å²) in [6.45, 7) is 2.95. The number of carbonyl (C=O) groups excluding carboxylic acids is 1. The predicted molar refractivity (Wildman–Crippen MR) is 72.8 cm³/mol. The molecule has 3 nitrogen and oxygen atoms in total. The highest BCUT2D eigenvalue weighted by Gasteiger charge is 2.32. The topological polar surface area (TPSA) is 42.0 Å². The predicted octanol–water partition coefficient (Wildman–Crippen LogP) is 3.44. The Morgan fingerprint density at radius 2 is 2.17 bits per heavy atom. The van der Waals surface area contributed by atoms with Gasteiger partial charge in [0.05, 0.1) is 0 Å². The van der Waals surface area contributed by atoms with E-state index in [0.717, 1.165) is 13.0 Å². The molecule has 1 fully saturated rings. The van der Waals surface area contributed by atoms with Gasteiger partial charge < -0.3 is 5.32 Å². The number of amides is 1. The maximum Gasteiger partial charge on any atom is 0.269 e. The summed E-state index contributed by atoms with van der Waals surface area (Å²) in [7, 11) is 0. The second kappa shape index (κ2) is 5.70. The van der Waals surface area contributed by atoms with Crippen molar-refractivity contribution in [3.63, 3.8) is 0 Å². The van der Waals surface area contributed by atoms with Gasteiger partial charge in [-0.05, 0) is 36.8 Å². The highest BCUT2D eigenvalue weighted by atomic mass is 35.5. The maximum absolute atomic E-state index is 12.0. The molecule has 1 heterocycles. The molecule has 0 aliphatic heterocycles. The van der Waals surface area contributed by atoms with Gasteiger partial charge in [0.1, 0.15) is 10.8 Å². The van der Waals surface area contributed by atoms with Crippen molar-refractivity contribution in [2.75, 3.05) is 6.54 Å². The summed E-state index contributed by atoms with van der Waals surface area (Å²) in [5, 5.41) is 3.36. The third kappa shape index (κ3) is 3.02. The molecular weight excluding hydrogens is 248 g/mol. The third-order valence-corrected chi connectivity index (χ3v) is 4.20. The molecule has 4 heteroatoms.